The van der Waals surface area contributed by atoms with Gasteiger partial charge in [0, 0.05) is 32.2 Å². The Labute approximate surface area is 115 Å². The van der Waals surface area contributed by atoms with Gasteiger partial charge in [0.15, 0.2) is 0 Å². The van der Waals surface area contributed by atoms with Crippen molar-refractivity contribution in [2.45, 2.75) is 32.7 Å². The lowest BCUT2D eigenvalue weighted by Crippen LogP contribution is -2.26. The van der Waals surface area contributed by atoms with E-state index in [4.69, 9.17) is 9.84 Å². The minimum absolute atomic E-state index is 0.0970. The number of rotatable bonds is 8. The second kappa shape index (κ2) is 8.53. The first-order valence-corrected chi connectivity index (χ1v) is 6.74. The molecule has 1 aromatic rings. The Hall–Kier alpha value is -1.55. The topological polar surface area (TPSA) is 49.8 Å². The third kappa shape index (κ3) is 5.30. The van der Waals surface area contributed by atoms with Crippen LogP contribution in [0.2, 0.25) is 0 Å². The van der Waals surface area contributed by atoms with Crippen LogP contribution in [0.1, 0.15) is 31.7 Å². The van der Waals surface area contributed by atoms with E-state index in [1.54, 1.807) is 11.9 Å². The first kappa shape index (κ1) is 15.5. The Morgan fingerprint density at radius 3 is 2.74 bits per heavy atom. The van der Waals surface area contributed by atoms with Gasteiger partial charge in [-0.25, -0.2) is 0 Å². The van der Waals surface area contributed by atoms with Gasteiger partial charge in [-0.3, -0.25) is 4.79 Å². The lowest BCUT2D eigenvalue weighted by molar-refractivity contribution is -0.130. The minimum atomic E-state index is 0.0970. The van der Waals surface area contributed by atoms with Gasteiger partial charge in [-0.1, -0.05) is 18.2 Å². The van der Waals surface area contributed by atoms with Crippen LogP contribution in [0, 0.1) is 0 Å². The van der Waals surface area contributed by atoms with E-state index < -0.39 is 0 Å². The summed E-state index contributed by atoms with van der Waals surface area (Å²) in [4.78, 5) is 13.6. The number of carbonyl (C=O) groups is 1. The summed E-state index contributed by atoms with van der Waals surface area (Å²) in [6, 6.07) is 7.77. The molecule has 0 saturated heterocycles. The van der Waals surface area contributed by atoms with E-state index >= 15 is 0 Å². The number of unbranched alkanes of at least 4 members (excludes halogenated alkanes) is 1. The lowest BCUT2D eigenvalue weighted by Gasteiger charge is -2.19. The Morgan fingerprint density at radius 1 is 1.32 bits per heavy atom. The second-order valence-electron chi connectivity index (χ2n) is 4.47. The van der Waals surface area contributed by atoms with Gasteiger partial charge in [-0.05, 0) is 25.8 Å². The van der Waals surface area contributed by atoms with E-state index in [-0.39, 0.29) is 12.5 Å². The van der Waals surface area contributed by atoms with Crippen LogP contribution in [0.15, 0.2) is 24.3 Å². The van der Waals surface area contributed by atoms with Crippen LogP contribution in [-0.4, -0.2) is 36.2 Å². The maximum absolute atomic E-state index is 11.9. The Kier molecular flexibility index (Phi) is 6.97. The molecule has 1 N–H and O–H groups in total. The molecular weight excluding hydrogens is 242 g/mol. The number of ether oxygens (including phenoxy) is 1. The van der Waals surface area contributed by atoms with Crippen molar-refractivity contribution in [3.8, 4) is 5.75 Å². The summed E-state index contributed by atoms with van der Waals surface area (Å²) in [5.41, 5.74) is 1.02. The highest BCUT2D eigenvalue weighted by Crippen LogP contribution is 2.19. The SMILES string of the molecule is CCOc1ccccc1CN(C)C(=O)CCCCO. The maximum Gasteiger partial charge on any atom is 0.222 e. The number of para-hydroxylation sites is 1. The van der Waals surface area contributed by atoms with E-state index in [9.17, 15) is 4.79 Å². The predicted octanol–water partition coefficient (Wildman–Crippen LogP) is 2.21. The molecule has 0 spiro atoms. The molecule has 0 aliphatic carbocycles. The van der Waals surface area contributed by atoms with Crippen molar-refractivity contribution in [3.63, 3.8) is 0 Å². The number of nitrogens with zero attached hydrogens (tertiary/aromatic N) is 1. The number of hydrogen-bond acceptors (Lipinski definition) is 3. The third-order valence-electron chi connectivity index (χ3n) is 2.90. The van der Waals surface area contributed by atoms with Gasteiger partial charge in [0.2, 0.25) is 5.91 Å². The number of carbonyl (C=O) groups excluding carboxylic acids is 1. The van der Waals surface area contributed by atoms with Crippen LogP contribution in [-0.2, 0) is 11.3 Å². The monoisotopic (exact) mass is 265 g/mol. The molecule has 0 heterocycles. The van der Waals surface area contributed by atoms with E-state index in [1.165, 1.54) is 0 Å². The molecule has 19 heavy (non-hydrogen) atoms. The molecule has 0 saturated carbocycles. The molecule has 0 fully saturated rings. The fourth-order valence-corrected chi connectivity index (χ4v) is 1.85. The van der Waals surface area contributed by atoms with Gasteiger partial charge >= 0.3 is 0 Å². The lowest BCUT2D eigenvalue weighted by atomic mass is 10.1. The standard InChI is InChI=1S/C15H23NO3/c1-3-19-14-9-5-4-8-13(14)12-16(2)15(18)10-6-7-11-17/h4-5,8-9,17H,3,6-7,10-12H2,1-2H3. The molecule has 1 amide bonds. The quantitative estimate of drug-likeness (QED) is 0.733. The highest BCUT2D eigenvalue weighted by Gasteiger charge is 2.11. The summed E-state index contributed by atoms with van der Waals surface area (Å²) in [7, 11) is 1.80. The van der Waals surface area contributed by atoms with Crippen molar-refractivity contribution in [1.29, 1.82) is 0 Å². The largest absolute Gasteiger partial charge is 0.494 e. The van der Waals surface area contributed by atoms with E-state index in [2.05, 4.69) is 0 Å². The van der Waals surface area contributed by atoms with E-state index in [1.807, 2.05) is 31.2 Å². The summed E-state index contributed by atoms with van der Waals surface area (Å²) < 4.78 is 5.55. The molecule has 4 heteroatoms. The van der Waals surface area contributed by atoms with Gasteiger partial charge in [0.25, 0.3) is 0 Å². The summed E-state index contributed by atoms with van der Waals surface area (Å²) >= 11 is 0. The van der Waals surface area contributed by atoms with Crippen LogP contribution in [0.4, 0.5) is 0 Å². The molecule has 0 bridgehead atoms. The van der Waals surface area contributed by atoms with Gasteiger partial charge in [-0.2, -0.15) is 0 Å². The molecule has 0 unspecified atom stereocenters. The highest BCUT2D eigenvalue weighted by molar-refractivity contribution is 5.75. The summed E-state index contributed by atoms with van der Waals surface area (Å²) in [5.74, 6) is 0.930. The first-order valence-electron chi connectivity index (χ1n) is 6.74. The van der Waals surface area contributed by atoms with Gasteiger partial charge < -0.3 is 14.7 Å². The first-order chi connectivity index (χ1) is 9.19. The van der Waals surface area contributed by atoms with E-state index in [0.29, 0.717) is 26.0 Å². The van der Waals surface area contributed by atoms with Gasteiger partial charge in [-0.15, -0.1) is 0 Å². The maximum atomic E-state index is 11.9. The smallest absolute Gasteiger partial charge is 0.222 e. The Morgan fingerprint density at radius 2 is 2.05 bits per heavy atom. The number of hydrogen-bond donors (Lipinski definition) is 1. The summed E-state index contributed by atoms with van der Waals surface area (Å²) in [6.07, 6.45) is 1.88. The van der Waals surface area contributed by atoms with Crippen molar-refractivity contribution in [3.05, 3.63) is 29.8 Å². The van der Waals surface area contributed by atoms with Crippen molar-refractivity contribution >= 4 is 5.91 Å². The van der Waals surface area contributed by atoms with Crippen molar-refractivity contribution in [2.24, 2.45) is 0 Å². The summed E-state index contributed by atoms with van der Waals surface area (Å²) in [5, 5.41) is 8.71. The number of amides is 1. The fourth-order valence-electron chi connectivity index (χ4n) is 1.85. The molecule has 0 radical (unpaired) electrons. The van der Waals surface area contributed by atoms with Crippen molar-refractivity contribution in [1.82, 2.24) is 4.90 Å². The van der Waals surface area contributed by atoms with Gasteiger partial charge in [0.05, 0.1) is 6.61 Å². The van der Waals surface area contributed by atoms with Gasteiger partial charge in [0.1, 0.15) is 5.75 Å². The van der Waals surface area contributed by atoms with Crippen LogP contribution in [0.5, 0.6) is 5.75 Å². The summed E-state index contributed by atoms with van der Waals surface area (Å²) in [6.45, 7) is 3.25. The molecule has 0 aromatic heterocycles. The zero-order valence-electron chi connectivity index (χ0n) is 11.8. The molecule has 0 aliphatic rings. The van der Waals surface area contributed by atoms with Crippen LogP contribution >= 0.6 is 0 Å². The predicted molar refractivity (Wildman–Crippen MR) is 75.0 cm³/mol. The zero-order chi connectivity index (χ0) is 14.1. The Bertz CT molecular complexity index is 393. The Balaban J connectivity index is 2.55. The molecule has 0 aliphatic heterocycles. The molecule has 1 rings (SSSR count). The minimum Gasteiger partial charge on any atom is -0.494 e. The average Bonchev–Trinajstić information content (AvgIpc) is 2.41. The third-order valence-corrected chi connectivity index (χ3v) is 2.90. The molecule has 0 atom stereocenters. The molecule has 4 nitrogen and oxygen atoms in total. The van der Waals surface area contributed by atoms with Crippen molar-refractivity contribution in [2.75, 3.05) is 20.3 Å². The highest BCUT2D eigenvalue weighted by atomic mass is 16.5. The number of aliphatic hydroxyl groups is 1. The average molecular weight is 265 g/mol. The molecular formula is C15H23NO3. The van der Waals surface area contributed by atoms with E-state index in [0.717, 1.165) is 17.7 Å². The molecule has 1 aromatic carbocycles. The normalized spacial score (nSPS) is 10.3. The number of benzene rings is 1. The molecule has 106 valence electrons. The second-order valence-corrected chi connectivity index (χ2v) is 4.47. The van der Waals surface area contributed by atoms with Crippen LogP contribution < -0.4 is 4.74 Å². The fraction of sp³-hybridized carbons (Fsp3) is 0.533. The van der Waals surface area contributed by atoms with Crippen LogP contribution in [0.3, 0.4) is 0 Å². The van der Waals surface area contributed by atoms with Crippen LogP contribution in [0.25, 0.3) is 0 Å². The zero-order valence-corrected chi connectivity index (χ0v) is 11.8. The van der Waals surface area contributed by atoms with Crippen molar-refractivity contribution < 1.29 is 14.6 Å². The number of aliphatic hydroxyl groups excluding tert-OH is 1.